The normalized spacial score (nSPS) is 14.2. The Kier molecular flexibility index (Phi) is 7.82. The quantitative estimate of drug-likeness (QED) is 0.730. The lowest BCUT2D eigenvalue weighted by molar-refractivity contribution is 0.0321. The second kappa shape index (κ2) is 9.15. The Morgan fingerprint density at radius 2 is 2.00 bits per heavy atom. The molecule has 1 aromatic heterocycles. The number of rotatable bonds is 8. The Hall–Kier alpha value is -1.67. The van der Waals surface area contributed by atoms with E-state index in [4.69, 9.17) is 15.2 Å². The minimum absolute atomic E-state index is 0.160. The van der Waals surface area contributed by atoms with E-state index in [2.05, 4.69) is 10.3 Å². The summed E-state index contributed by atoms with van der Waals surface area (Å²) in [5.74, 6) is -0.393. The van der Waals surface area contributed by atoms with Gasteiger partial charge in [-0.3, -0.25) is 4.79 Å². The first-order valence-corrected chi connectivity index (χ1v) is 9.27. The molecule has 7 nitrogen and oxygen atoms in total. The Labute approximate surface area is 153 Å². The van der Waals surface area contributed by atoms with E-state index >= 15 is 0 Å². The van der Waals surface area contributed by atoms with Crippen LogP contribution in [0.3, 0.4) is 0 Å². The first kappa shape index (κ1) is 21.4. The lowest BCUT2D eigenvalue weighted by Crippen LogP contribution is -2.42. The first-order chi connectivity index (χ1) is 11.5. The van der Waals surface area contributed by atoms with Crippen LogP contribution in [0.1, 0.15) is 69.6 Å². The SMILES string of the molecule is CCOC(CC(NC(=O)OC(C)(C)C)C(C)C)c1nc(C(N)=O)cs1. The van der Waals surface area contributed by atoms with Crippen molar-refractivity contribution < 1.29 is 19.1 Å². The van der Waals surface area contributed by atoms with Gasteiger partial charge >= 0.3 is 6.09 Å². The molecule has 1 aromatic rings. The summed E-state index contributed by atoms with van der Waals surface area (Å²) in [6.07, 6.45) is -0.264. The molecule has 0 aromatic carbocycles. The summed E-state index contributed by atoms with van der Waals surface area (Å²) >= 11 is 1.33. The molecule has 8 heteroatoms. The van der Waals surface area contributed by atoms with Crippen molar-refractivity contribution >= 4 is 23.3 Å². The van der Waals surface area contributed by atoms with Crippen LogP contribution in [0.15, 0.2) is 5.38 Å². The summed E-state index contributed by atoms with van der Waals surface area (Å²) in [7, 11) is 0. The minimum Gasteiger partial charge on any atom is -0.444 e. The fourth-order valence-electron chi connectivity index (χ4n) is 2.18. The number of nitrogens with one attached hydrogen (secondary N) is 1. The van der Waals surface area contributed by atoms with E-state index in [-0.39, 0.29) is 23.8 Å². The zero-order valence-electron chi connectivity index (χ0n) is 15.8. The molecule has 3 N–H and O–H groups in total. The van der Waals surface area contributed by atoms with Gasteiger partial charge in [-0.15, -0.1) is 11.3 Å². The van der Waals surface area contributed by atoms with Crippen molar-refractivity contribution in [1.82, 2.24) is 10.3 Å². The van der Waals surface area contributed by atoms with Gasteiger partial charge in [0.15, 0.2) is 0 Å². The van der Waals surface area contributed by atoms with Crippen molar-refractivity contribution in [3.8, 4) is 0 Å². The van der Waals surface area contributed by atoms with E-state index in [1.807, 2.05) is 41.5 Å². The minimum atomic E-state index is -0.565. The molecule has 0 bridgehead atoms. The van der Waals surface area contributed by atoms with Gasteiger partial charge in [-0.2, -0.15) is 0 Å². The number of hydrogen-bond donors (Lipinski definition) is 2. The van der Waals surface area contributed by atoms with Gasteiger partial charge < -0.3 is 20.5 Å². The van der Waals surface area contributed by atoms with Gasteiger partial charge in [-0.1, -0.05) is 13.8 Å². The van der Waals surface area contributed by atoms with E-state index in [9.17, 15) is 9.59 Å². The predicted octanol–water partition coefficient (Wildman–Crippen LogP) is 3.26. The van der Waals surface area contributed by atoms with Gasteiger partial charge in [-0.25, -0.2) is 9.78 Å². The van der Waals surface area contributed by atoms with Crippen LogP contribution >= 0.6 is 11.3 Å². The molecule has 0 spiro atoms. The fourth-order valence-corrected chi connectivity index (χ4v) is 3.05. The van der Waals surface area contributed by atoms with Crippen molar-refractivity contribution in [2.24, 2.45) is 11.7 Å². The highest BCUT2D eigenvalue weighted by atomic mass is 32.1. The van der Waals surface area contributed by atoms with Crippen LogP contribution in [0, 0.1) is 5.92 Å². The number of carbonyl (C=O) groups is 2. The van der Waals surface area contributed by atoms with Crippen molar-refractivity contribution in [3.05, 3.63) is 16.1 Å². The number of hydrogen-bond acceptors (Lipinski definition) is 6. The van der Waals surface area contributed by atoms with Crippen LogP contribution < -0.4 is 11.1 Å². The van der Waals surface area contributed by atoms with E-state index in [0.29, 0.717) is 18.0 Å². The maximum Gasteiger partial charge on any atom is 0.407 e. The third-order valence-corrected chi connectivity index (χ3v) is 4.33. The molecule has 25 heavy (non-hydrogen) atoms. The standard InChI is InChI=1S/C17H29N3O4S/c1-7-23-13(15-19-12(9-25-15)14(18)21)8-11(10(2)3)20-16(22)24-17(4,5)6/h9-11,13H,7-8H2,1-6H3,(H2,18,21)(H,20,22). The number of nitrogens with two attached hydrogens (primary N) is 1. The van der Waals surface area contributed by atoms with E-state index in [1.54, 1.807) is 5.38 Å². The maximum atomic E-state index is 12.1. The smallest absolute Gasteiger partial charge is 0.407 e. The van der Waals surface area contributed by atoms with Crippen LogP contribution in [0.5, 0.6) is 0 Å². The molecule has 0 aliphatic heterocycles. The topological polar surface area (TPSA) is 104 Å². The molecule has 0 aliphatic carbocycles. The highest BCUT2D eigenvalue weighted by molar-refractivity contribution is 7.09. The molecule has 2 atom stereocenters. The van der Waals surface area contributed by atoms with Crippen molar-refractivity contribution in [2.45, 2.75) is 65.7 Å². The van der Waals surface area contributed by atoms with Crippen LogP contribution in [0.25, 0.3) is 0 Å². The maximum absolute atomic E-state index is 12.1. The zero-order chi connectivity index (χ0) is 19.2. The Morgan fingerprint density at radius 3 is 2.44 bits per heavy atom. The number of primary amides is 1. The van der Waals surface area contributed by atoms with Gasteiger partial charge in [0.25, 0.3) is 5.91 Å². The van der Waals surface area contributed by atoms with Crippen molar-refractivity contribution in [2.75, 3.05) is 6.61 Å². The van der Waals surface area contributed by atoms with E-state index in [1.165, 1.54) is 11.3 Å². The third-order valence-electron chi connectivity index (χ3n) is 3.39. The second-order valence-electron chi connectivity index (χ2n) is 7.11. The molecule has 1 heterocycles. The molecule has 2 amide bonds. The average Bonchev–Trinajstić information content (AvgIpc) is 2.93. The van der Waals surface area contributed by atoms with Crippen LogP contribution in [-0.2, 0) is 9.47 Å². The number of alkyl carbamates (subject to hydrolysis) is 1. The van der Waals surface area contributed by atoms with Gasteiger partial charge in [0.2, 0.25) is 0 Å². The first-order valence-electron chi connectivity index (χ1n) is 8.39. The molecule has 0 saturated heterocycles. The predicted molar refractivity (Wildman–Crippen MR) is 97.6 cm³/mol. The van der Waals surface area contributed by atoms with Crippen LogP contribution in [0.2, 0.25) is 0 Å². The molecule has 0 aliphatic rings. The lowest BCUT2D eigenvalue weighted by atomic mass is 9.98. The van der Waals surface area contributed by atoms with E-state index < -0.39 is 17.6 Å². The van der Waals surface area contributed by atoms with Crippen molar-refractivity contribution in [3.63, 3.8) is 0 Å². The zero-order valence-corrected chi connectivity index (χ0v) is 16.6. The summed E-state index contributed by atoms with van der Waals surface area (Å²) in [5.41, 5.74) is 4.93. The molecule has 0 radical (unpaired) electrons. The largest absolute Gasteiger partial charge is 0.444 e. The Balaban J connectivity index is 2.86. The average molecular weight is 372 g/mol. The van der Waals surface area contributed by atoms with E-state index in [0.717, 1.165) is 0 Å². The summed E-state index contributed by atoms with van der Waals surface area (Å²) in [5, 5.41) is 5.20. The summed E-state index contributed by atoms with van der Waals surface area (Å²) < 4.78 is 11.1. The highest BCUT2D eigenvalue weighted by Gasteiger charge is 2.27. The molecule has 142 valence electrons. The van der Waals surface area contributed by atoms with Gasteiger partial charge in [0.1, 0.15) is 22.4 Å². The Bertz CT molecular complexity index is 581. The summed E-state index contributed by atoms with van der Waals surface area (Å²) in [4.78, 5) is 27.6. The molecular formula is C17H29N3O4S. The lowest BCUT2D eigenvalue weighted by Gasteiger charge is -2.28. The molecule has 2 unspecified atom stereocenters. The summed E-state index contributed by atoms with van der Waals surface area (Å²) in [6.45, 7) is 11.9. The van der Waals surface area contributed by atoms with Crippen molar-refractivity contribution in [1.29, 1.82) is 0 Å². The second-order valence-corrected chi connectivity index (χ2v) is 8.00. The number of ether oxygens (including phenoxy) is 2. The van der Waals surface area contributed by atoms with Crippen LogP contribution in [-0.4, -0.2) is 35.2 Å². The van der Waals surface area contributed by atoms with Gasteiger partial charge in [-0.05, 0) is 33.6 Å². The molecule has 1 rings (SSSR count). The highest BCUT2D eigenvalue weighted by Crippen LogP contribution is 2.28. The van der Waals surface area contributed by atoms with Gasteiger partial charge in [0.05, 0.1) is 0 Å². The number of thiazole rings is 1. The number of nitrogens with zero attached hydrogens (tertiary/aromatic N) is 1. The van der Waals surface area contributed by atoms with Crippen LogP contribution in [0.4, 0.5) is 4.79 Å². The number of aromatic nitrogens is 1. The Morgan fingerprint density at radius 1 is 1.36 bits per heavy atom. The summed E-state index contributed by atoms with van der Waals surface area (Å²) in [6, 6.07) is -0.160. The third kappa shape index (κ3) is 7.39. The number of amides is 2. The molecule has 0 saturated carbocycles. The molecular weight excluding hydrogens is 342 g/mol. The molecule has 0 fully saturated rings. The van der Waals surface area contributed by atoms with Gasteiger partial charge in [0, 0.05) is 24.4 Å². The fraction of sp³-hybridized carbons (Fsp3) is 0.706. The number of carbonyl (C=O) groups excluding carboxylic acids is 2. The monoisotopic (exact) mass is 371 g/mol.